The Morgan fingerprint density at radius 3 is 2.53 bits per heavy atom. The van der Waals surface area contributed by atoms with Crippen molar-refractivity contribution in [3.05, 3.63) is 83.6 Å². The monoisotopic (exact) mass is 397 g/mol. The summed E-state index contributed by atoms with van der Waals surface area (Å²) in [5.41, 5.74) is 7.68. The quantitative estimate of drug-likeness (QED) is 0.706. The molecule has 3 aromatic rings. The number of hydrogen-bond acceptors (Lipinski definition) is 5. The summed E-state index contributed by atoms with van der Waals surface area (Å²) in [6, 6.07) is 22.4. The highest BCUT2D eigenvalue weighted by Crippen LogP contribution is 2.57. The number of pyridine rings is 1. The van der Waals surface area contributed by atoms with Crippen molar-refractivity contribution in [2.45, 2.75) is 24.0 Å². The SMILES string of the molecule is N#Cc1ccc(-c2ccc3c(n2)C2(O)CC(C(N)=O)C(c4ccccc4)C2O3)cc1. The molecule has 0 saturated heterocycles. The molecule has 1 aliphatic heterocycles. The number of aliphatic hydroxyl groups is 1. The van der Waals surface area contributed by atoms with E-state index >= 15 is 0 Å². The van der Waals surface area contributed by atoms with E-state index in [1.165, 1.54) is 0 Å². The third kappa shape index (κ3) is 2.67. The van der Waals surface area contributed by atoms with Gasteiger partial charge in [0.2, 0.25) is 5.91 Å². The molecule has 30 heavy (non-hydrogen) atoms. The number of nitriles is 1. The first-order valence-corrected chi connectivity index (χ1v) is 9.76. The molecule has 2 aliphatic rings. The molecule has 0 radical (unpaired) electrons. The number of amides is 1. The number of ether oxygens (including phenoxy) is 1. The number of hydrogen-bond donors (Lipinski definition) is 2. The third-order valence-electron chi connectivity index (χ3n) is 6.14. The van der Waals surface area contributed by atoms with E-state index in [9.17, 15) is 9.90 Å². The fourth-order valence-electron chi connectivity index (χ4n) is 4.71. The molecular formula is C24H19N3O3. The molecule has 1 aromatic heterocycles. The first-order chi connectivity index (χ1) is 14.5. The van der Waals surface area contributed by atoms with Crippen molar-refractivity contribution in [1.29, 1.82) is 5.26 Å². The maximum atomic E-state index is 12.2. The van der Waals surface area contributed by atoms with Crippen LogP contribution in [0.3, 0.4) is 0 Å². The first-order valence-electron chi connectivity index (χ1n) is 9.76. The number of carbonyl (C=O) groups excluding carboxylic acids is 1. The van der Waals surface area contributed by atoms with Crippen LogP contribution in [-0.2, 0) is 10.4 Å². The second-order valence-electron chi connectivity index (χ2n) is 7.84. The fraction of sp³-hybridized carbons (Fsp3) is 0.208. The van der Waals surface area contributed by atoms with Crippen molar-refractivity contribution in [2.24, 2.45) is 11.7 Å². The van der Waals surface area contributed by atoms with Crippen LogP contribution in [-0.4, -0.2) is 22.1 Å². The Morgan fingerprint density at radius 2 is 1.87 bits per heavy atom. The van der Waals surface area contributed by atoms with Crippen molar-refractivity contribution < 1.29 is 14.6 Å². The van der Waals surface area contributed by atoms with Gasteiger partial charge in [0.1, 0.15) is 23.1 Å². The van der Waals surface area contributed by atoms with Crippen LogP contribution in [0.25, 0.3) is 11.3 Å². The molecule has 148 valence electrons. The maximum absolute atomic E-state index is 12.2. The van der Waals surface area contributed by atoms with E-state index in [0.717, 1.165) is 11.1 Å². The topological polar surface area (TPSA) is 109 Å². The van der Waals surface area contributed by atoms with E-state index < -0.39 is 23.5 Å². The number of benzene rings is 2. The van der Waals surface area contributed by atoms with Crippen molar-refractivity contribution in [2.75, 3.05) is 0 Å². The third-order valence-corrected chi connectivity index (χ3v) is 6.14. The zero-order valence-corrected chi connectivity index (χ0v) is 16.0. The van der Waals surface area contributed by atoms with E-state index in [2.05, 4.69) is 6.07 Å². The average molecular weight is 397 g/mol. The van der Waals surface area contributed by atoms with Gasteiger partial charge in [-0.15, -0.1) is 0 Å². The minimum atomic E-state index is -1.40. The maximum Gasteiger partial charge on any atom is 0.221 e. The minimum absolute atomic E-state index is 0.156. The van der Waals surface area contributed by atoms with E-state index in [0.29, 0.717) is 22.7 Å². The van der Waals surface area contributed by atoms with Crippen LogP contribution in [0.5, 0.6) is 5.75 Å². The summed E-state index contributed by atoms with van der Waals surface area (Å²) >= 11 is 0. The van der Waals surface area contributed by atoms with Gasteiger partial charge in [0.25, 0.3) is 0 Å². The van der Waals surface area contributed by atoms with Crippen LogP contribution in [0.2, 0.25) is 0 Å². The first kappa shape index (κ1) is 18.3. The van der Waals surface area contributed by atoms with Crippen LogP contribution in [0, 0.1) is 17.2 Å². The van der Waals surface area contributed by atoms with Crippen molar-refractivity contribution in [1.82, 2.24) is 4.98 Å². The Kier molecular flexibility index (Phi) is 4.09. The number of rotatable bonds is 3. The average Bonchev–Trinajstić information content (AvgIpc) is 3.23. The van der Waals surface area contributed by atoms with Crippen molar-refractivity contribution >= 4 is 5.91 Å². The van der Waals surface area contributed by atoms with Gasteiger partial charge in [-0.2, -0.15) is 5.26 Å². The summed E-state index contributed by atoms with van der Waals surface area (Å²) in [6.45, 7) is 0. The molecule has 3 N–H and O–H groups in total. The molecule has 6 heteroatoms. The largest absolute Gasteiger partial charge is 0.484 e. The molecule has 1 amide bonds. The highest BCUT2D eigenvalue weighted by molar-refractivity contribution is 5.79. The lowest BCUT2D eigenvalue weighted by Crippen LogP contribution is -2.36. The highest BCUT2D eigenvalue weighted by Gasteiger charge is 2.62. The fourth-order valence-corrected chi connectivity index (χ4v) is 4.71. The van der Waals surface area contributed by atoms with Crippen LogP contribution >= 0.6 is 0 Å². The lowest BCUT2D eigenvalue weighted by Gasteiger charge is -2.24. The standard InChI is InChI=1S/C24H19N3O3/c25-13-14-6-8-15(9-7-14)18-10-11-19-21(27-18)24(29)12-17(23(26)28)20(22(24)30-19)16-4-2-1-3-5-16/h1-11,17,20,22,29H,12H2,(H2,26,28). The Bertz CT molecular complexity index is 1170. The van der Waals surface area contributed by atoms with E-state index in [1.807, 2.05) is 48.5 Å². The zero-order chi connectivity index (χ0) is 20.9. The van der Waals surface area contributed by atoms with Crippen LogP contribution in [0.4, 0.5) is 0 Å². The molecule has 0 spiro atoms. The molecular weight excluding hydrogens is 378 g/mol. The van der Waals surface area contributed by atoms with Crippen LogP contribution < -0.4 is 10.5 Å². The second kappa shape index (κ2) is 6.68. The summed E-state index contributed by atoms with van der Waals surface area (Å²) in [6.07, 6.45) is -0.486. The van der Waals surface area contributed by atoms with Gasteiger partial charge < -0.3 is 15.6 Å². The van der Waals surface area contributed by atoms with Gasteiger partial charge in [-0.25, -0.2) is 4.98 Å². The summed E-state index contributed by atoms with van der Waals surface area (Å²) < 4.78 is 6.15. The van der Waals surface area contributed by atoms with Crippen LogP contribution in [0.15, 0.2) is 66.7 Å². The van der Waals surface area contributed by atoms with Gasteiger partial charge in [0.05, 0.1) is 23.2 Å². The number of primary amides is 1. The number of aromatic nitrogens is 1. The summed E-state index contributed by atoms with van der Waals surface area (Å²) in [5, 5.41) is 20.6. The molecule has 6 nitrogen and oxygen atoms in total. The van der Waals surface area contributed by atoms with Crippen molar-refractivity contribution in [3.8, 4) is 23.1 Å². The Morgan fingerprint density at radius 1 is 1.13 bits per heavy atom. The lowest BCUT2D eigenvalue weighted by molar-refractivity contribution is -0.122. The minimum Gasteiger partial charge on any atom is -0.484 e. The Hall–Kier alpha value is -3.69. The lowest BCUT2D eigenvalue weighted by atomic mass is 9.87. The van der Waals surface area contributed by atoms with E-state index in [1.54, 1.807) is 18.2 Å². The zero-order valence-electron chi connectivity index (χ0n) is 16.0. The second-order valence-corrected chi connectivity index (χ2v) is 7.84. The molecule has 5 rings (SSSR count). The smallest absolute Gasteiger partial charge is 0.221 e. The molecule has 1 fully saturated rings. The normalized spacial score (nSPS) is 26.3. The Balaban J connectivity index is 1.57. The number of nitrogens with zero attached hydrogens (tertiary/aromatic N) is 2. The van der Waals surface area contributed by atoms with Gasteiger partial charge in [-0.1, -0.05) is 42.5 Å². The van der Waals surface area contributed by atoms with Gasteiger partial charge in [0.15, 0.2) is 0 Å². The van der Waals surface area contributed by atoms with Gasteiger partial charge in [-0.05, 0) is 36.2 Å². The van der Waals surface area contributed by atoms with Crippen LogP contribution in [0.1, 0.15) is 29.2 Å². The molecule has 1 aliphatic carbocycles. The number of fused-ring (bicyclic) bond motifs is 3. The predicted molar refractivity (Wildman–Crippen MR) is 109 cm³/mol. The van der Waals surface area contributed by atoms with Gasteiger partial charge in [0, 0.05) is 11.5 Å². The van der Waals surface area contributed by atoms with Gasteiger partial charge >= 0.3 is 0 Å². The molecule has 4 unspecified atom stereocenters. The molecule has 0 bridgehead atoms. The highest BCUT2D eigenvalue weighted by atomic mass is 16.5. The van der Waals surface area contributed by atoms with E-state index in [4.69, 9.17) is 20.7 Å². The molecule has 2 heterocycles. The number of nitrogens with two attached hydrogens (primary N) is 1. The molecule has 4 atom stereocenters. The predicted octanol–water partition coefficient (Wildman–Crippen LogP) is 2.86. The molecule has 2 aromatic carbocycles. The molecule has 1 saturated carbocycles. The summed E-state index contributed by atoms with van der Waals surface area (Å²) in [5.74, 6) is -0.860. The van der Waals surface area contributed by atoms with Gasteiger partial charge in [-0.3, -0.25) is 4.79 Å². The van der Waals surface area contributed by atoms with E-state index in [-0.39, 0.29) is 12.3 Å². The Labute approximate surface area is 173 Å². The summed E-state index contributed by atoms with van der Waals surface area (Å²) in [4.78, 5) is 16.9. The summed E-state index contributed by atoms with van der Waals surface area (Å²) in [7, 11) is 0. The van der Waals surface area contributed by atoms with Crippen molar-refractivity contribution in [3.63, 3.8) is 0 Å². The number of carbonyl (C=O) groups is 1.